The summed E-state index contributed by atoms with van der Waals surface area (Å²) in [5.41, 5.74) is 1.65. The van der Waals surface area contributed by atoms with Crippen LogP contribution >= 0.6 is 0 Å². The van der Waals surface area contributed by atoms with Gasteiger partial charge < -0.3 is 8.92 Å². The second-order valence-corrected chi connectivity index (χ2v) is 7.25. The summed E-state index contributed by atoms with van der Waals surface area (Å²) in [5.74, 6) is 0.303. The Labute approximate surface area is 138 Å². The van der Waals surface area contributed by atoms with Crippen LogP contribution in [0.2, 0.25) is 0 Å². The first-order valence-corrected chi connectivity index (χ1v) is 9.32. The highest BCUT2D eigenvalue weighted by molar-refractivity contribution is 7.86. The van der Waals surface area contributed by atoms with Crippen molar-refractivity contribution >= 4 is 10.1 Å². The Bertz CT molecular complexity index is 723. The number of ether oxygens (including phenoxy) is 1. The quantitative estimate of drug-likeness (QED) is 0.721. The maximum absolute atomic E-state index is 11.2. The minimum atomic E-state index is -3.51. The standard InChI is InChI=1S/C18H22O4S/c1-4-18(2,21-14-15-8-6-5-7-9-15)16-10-12-17(13-11-16)22-23(3,19)20/h5-13H,4,14H2,1-3H3. The molecule has 5 heteroatoms. The van der Waals surface area contributed by atoms with Gasteiger partial charge in [0.15, 0.2) is 0 Å². The van der Waals surface area contributed by atoms with Crippen molar-refractivity contribution in [2.45, 2.75) is 32.5 Å². The molecule has 124 valence electrons. The van der Waals surface area contributed by atoms with Gasteiger partial charge in [-0.15, -0.1) is 0 Å². The molecule has 0 heterocycles. The highest BCUT2D eigenvalue weighted by atomic mass is 32.2. The Morgan fingerprint density at radius 2 is 1.61 bits per heavy atom. The predicted molar refractivity (Wildman–Crippen MR) is 90.8 cm³/mol. The van der Waals surface area contributed by atoms with E-state index in [9.17, 15) is 8.42 Å². The van der Waals surface area contributed by atoms with Crippen molar-refractivity contribution in [2.24, 2.45) is 0 Å². The molecule has 2 aromatic rings. The lowest BCUT2D eigenvalue weighted by molar-refractivity contribution is -0.0509. The van der Waals surface area contributed by atoms with Crippen LogP contribution in [0.3, 0.4) is 0 Å². The van der Waals surface area contributed by atoms with Crippen molar-refractivity contribution in [2.75, 3.05) is 6.26 Å². The average Bonchev–Trinajstić information content (AvgIpc) is 2.53. The van der Waals surface area contributed by atoms with E-state index in [1.54, 1.807) is 12.1 Å². The Hall–Kier alpha value is -1.85. The number of benzene rings is 2. The molecule has 0 bridgehead atoms. The summed E-state index contributed by atoms with van der Waals surface area (Å²) in [6.45, 7) is 4.61. The molecule has 23 heavy (non-hydrogen) atoms. The fraction of sp³-hybridized carbons (Fsp3) is 0.333. The van der Waals surface area contributed by atoms with Crippen LogP contribution in [0.4, 0.5) is 0 Å². The second kappa shape index (κ2) is 7.15. The molecule has 0 amide bonds. The minimum Gasteiger partial charge on any atom is -0.383 e. The van der Waals surface area contributed by atoms with E-state index < -0.39 is 15.7 Å². The van der Waals surface area contributed by atoms with Gasteiger partial charge in [-0.25, -0.2) is 0 Å². The van der Waals surface area contributed by atoms with E-state index in [0.717, 1.165) is 23.8 Å². The third kappa shape index (κ3) is 5.08. The maximum Gasteiger partial charge on any atom is 0.306 e. The molecule has 0 fully saturated rings. The molecule has 1 unspecified atom stereocenters. The van der Waals surface area contributed by atoms with Gasteiger partial charge in [-0.05, 0) is 36.6 Å². The molecule has 0 aliphatic rings. The molecule has 0 saturated carbocycles. The third-order valence-corrected chi connectivity index (χ3v) is 4.28. The smallest absolute Gasteiger partial charge is 0.306 e. The summed E-state index contributed by atoms with van der Waals surface area (Å²) in [7, 11) is -3.51. The molecular weight excluding hydrogens is 312 g/mol. The van der Waals surface area contributed by atoms with Crippen LogP contribution in [0.1, 0.15) is 31.4 Å². The van der Waals surface area contributed by atoms with Crippen molar-refractivity contribution in [3.63, 3.8) is 0 Å². The first-order valence-electron chi connectivity index (χ1n) is 7.50. The molecule has 1 atom stereocenters. The van der Waals surface area contributed by atoms with Crippen molar-refractivity contribution in [1.29, 1.82) is 0 Å². The average molecular weight is 334 g/mol. The molecule has 4 nitrogen and oxygen atoms in total. The van der Waals surface area contributed by atoms with E-state index in [1.807, 2.05) is 49.4 Å². The fourth-order valence-corrected chi connectivity index (χ4v) is 2.70. The molecule has 0 N–H and O–H groups in total. The van der Waals surface area contributed by atoms with Gasteiger partial charge in [0, 0.05) is 0 Å². The van der Waals surface area contributed by atoms with Gasteiger partial charge in [-0.1, -0.05) is 49.4 Å². The molecule has 0 saturated heterocycles. The van der Waals surface area contributed by atoms with Crippen LogP contribution in [0.5, 0.6) is 5.75 Å². The van der Waals surface area contributed by atoms with Crippen molar-refractivity contribution in [1.82, 2.24) is 0 Å². The van der Waals surface area contributed by atoms with E-state index in [0.29, 0.717) is 12.4 Å². The van der Waals surface area contributed by atoms with Crippen LogP contribution in [-0.2, 0) is 27.1 Å². The summed E-state index contributed by atoms with van der Waals surface area (Å²) in [4.78, 5) is 0. The zero-order valence-corrected chi connectivity index (χ0v) is 14.5. The van der Waals surface area contributed by atoms with Crippen molar-refractivity contribution in [3.8, 4) is 5.75 Å². The number of hydrogen-bond donors (Lipinski definition) is 0. The molecule has 0 spiro atoms. The zero-order valence-electron chi connectivity index (χ0n) is 13.7. The third-order valence-electron chi connectivity index (χ3n) is 3.79. The summed E-state index contributed by atoms with van der Waals surface area (Å²) in [6.07, 6.45) is 1.83. The monoisotopic (exact) mass is 334 g/mol. The van der Waals surface area contributed by atoms with Gasteiger partial charge in [0.05, 0.1) is 18.5 Å². The lowest BCUT2D eigenvalue weighted by atomic mass is 9.93. The van der Waals surface area contributed by atoms with E-state index in [2.05, 4.69) is 6.92 Å². The Morgan fingerprint density at radius 1 is 1.00 bits per heavy atom. The summed E-state index contributed by atoms with van der Waals surface area (Å²) in [5, 5.41) is 0. The van der Waals surface area contributed by atoms with Crippen molar-refractivity contribution < 1.29 is 17.3 Å². The van der Waals surface area contributed by atoms with Crippen molar-refractivity contribution in [3.05, 3.63) is 65.7 Å². The van der Waals surface area contributed by atoms with Gasteiger partial charge >= 0.3 is 10.1 Å². The predicted octanol–water partition coefficient (Wildman–Crippen LogP) is 3.87. The van der Waals surface area contributed by atoms with Crippen LogP contribution in [0.25, 0.3) is 0 Å². The molecule has 2 aromatic carbocycles. The fourth-order valence-electron chi connectivity index (χ4n) is 2.24. The zero-order chi connectivity index (χ0) is 16.9. The van der Waals surface area contributed by atoms with Gasteiger partial charge in [-0.2, -0.15) is 8.42 Å². The topological polar surface area (TPSA) is 52.6 Å². The minimum absolute atomic E-state index is 0.303. The molecule has 0 aliphatic carbocycles. The SMILES string of the molecule is CCC(C)(OCc1ccccc1)c1ccc(OS(C)(=O)=O)cc1. The first kappa shape index (κ1) is 17.5. The lowest BCUT2D eigenvalue weighted by Crippen LogP contribution is -2.24. The van der Waals surface area contributed by atoms with E-state index in [4.69, 9.17) is 8.92 Å². The van der Waals surface area contributed by atoms with Gasteiger partial charge in [0.2, 0.25) is 0 Å². The summed E-state index contributed by atoms with van der Waals surface area (Å²) in [6, 6.07) is 17.0. The largest absolute Gasteiger partial charge is 0.383 e. The Morgan fingerprint density at radius 3 is 2.13 bits per heavy atom. The molecule has 0 radical (unpaired) electrons. The summed E-state index contributed by atoms with van der Waals surface area (Å²) >= 11 is 0. The van der Waals surface area contributed by atoms with E-state index in [-0.39, 0.29) is 0 Å². The van der Waals surface area contributed by atoms with Crippen LogP contribution in [-0.4, -0.2) is 14.7 Å². The molecule has 0 aliphatic heterocycles. The van der Waals surface area contributed by atoms with Crippen LogP contribution in [0.15, 0.2) is 54.6 Å². The van der Waals surface area contributed by atoms with E-state index in [1.165, 1.54) is 0 Å². The summed E-state index contributed by atoms with van der Waals surface area (Å²) < 4.78 is 33.3. The van der Waals surface area contributed by atoms with Gasteiger partial charge in [-0.3, -0.25) is 0 Å². The number of hydrogen-bond acceptors (Lipinski definition) is 4. The first-order chi connectivity index (χ1) is 10.8. The highest BCUT2D eigenvalue weighted by Gasteiger charge is 2.25. The maximum atomic E-state index is 11.2. The van der Waals surface area contributed by atoms with E-state index >= 15 is 0 Å². The number of rotatable bonds is 7. The molecule has 2 rings (SSSR count). The van der Waals surface area contributed by atoms with Crippen LogP contribution < -0.4 is 4.18 Å². The van der Waals surface area contributed by atoms with Crippen LogP contribution in [0, 0.1) is 0 Å². The van der Waals surface area contributed by atoms with Gasteiger partial charge in [0.1, 0.15) is 5.75 Å². The van der Waals surface area contributed by atoms with Gasteiger partial charge in [0.25, 0.3) is 0 Å². The lowest BCUT2D eigenvalue weighted by Gasteiger charge is -2.29. The second-order valence-electron chi connectivity index (χ2n) is 5.67. The highest BCUT2D eigenvalue weighted by Crippen LogP contribution is 2.31. The normalized spacial score (nSPS) is 14.2. The Kier molecular flexibility index (Phi) is 5.44. The Balaban J connectivity index is 2.12. The molecule has 0 aromatic heterocycles. The molecular formula is C18H22O4S.